The maximum atomic E-state index is 12.6. The Labute approximate surface area is 221 Å². The fraction of sp³-hybridized carbons (Fsp3) is 0.519. The molecule has 1 aromatic heterocycles. The number of hydrogen-bond donors (Lipinski definition) is 4. The minimum atomic E-state index is -1.50. The SMILES string of the molecule is COc1ccc([C@@H]2CN(C(=O)C(O)CO)C[C@@]2(C)C(C)O)cc1OC1CN(c2ccc(C(=O)O)c(C)n2)C1. The van der Waals surface area contributed by atoms with Gasteiger partial charge in [0.1, 0.15) is 11.9 Å². The number of carbonyl (C=O) groups is 2. The Morgan fingerprint density at radius 2 is 1.87 bits per heavy atom. The van der Waals surface area contributed by atoms with E-state index in [1.807, 2.05) is 24.0 Å². The summed E-state index contributed by atoms with van der Waals surface area (Å²) in [6, 6.07) is 8.79. The molecule has 4 atom stereocenters. The molecule has 11 nitrogen and oxygen atoms in total. The molecule has 2 saturated heterocycles. The van der Waals surface area contributed by atoms with Crippen molar-refractivity contribution in [2.24, 2.45) is 5.41 Å². The Balaban J connectivity index is 1.51. The predicted octanol–water partition coefficient (Wildman–Crippen LogP) is 1.03. The molecule has 2 aliphatic heterocycles. The molecule has 0 radical (unpaired) electrons. The standard InChI is InChI=1S/C27H35N3O8/c1-15-19(26(35)36)6-8-24(28-15)29-10-18(11-29)38-23-9-17(5-7-22(23)37-4)20-12-30(25(34)21(33)13-31)14-27(20,3)16(2)32/h5-9,16,18,20-21,31-33H,10-14H2,1-4H3,(H,35,36)/t16?,20-,21?,27-/m0/s1. The zero-order valence-electron chi connectivity index (χ0n) is 22.0. The molecular weight excluding hydrogens is 494 g/mol. The van der Waals surface area contributed by atoms with Crippen LogP contribution in [0.1, 0.15) is 41.4 Å². The van der Waals surface area contributed by atoms with Crippen LogP contribution >= 0.6 is 0 Å². The number of aromatic carboxylic acids is 1. The van der Waals surface area contributed by atoms with Crippen molar-refractivity contribution in [1.82, 2.24) is 9.88 Å². The van der Waals surface area contributed by atoms with Crippen LogP contribution in [0, 0.1) is 12.3 Å². The Morgan fingerprint density at radius 3 is 2.45 bits per heavy atom. The van der Waals surface area contributed by atoms with Gasteiger partial charge in [-0.15, -0.1) is 0 Å². The summed E-state index contributed by atoms with van der Waals surface area (Å²) in [6.45, 7) is 6.22. The molecule has 0 spiro atoms. The normalized spacial score (nSPS) is 23.1. The van der Waals surface area contributed by atoms with Gasteiger partial charge in [0.05, 0.1) is 44.2 Å². The average molecular weight is 530 g/mol. The molecule has 2 fully saturated rings. The number of methoxy groups -OCH3 is 1. The zero-order valence-corrected chi connectivity index (χ0v) is 22.0. The highest BCUT2D eigenvalue weighted by Gasteiger charge is 2.49. The predicted molar refractivity (Wildman–Crippen MR) is 138 cm³/mol. The molecule has 2 aliphatic rings. The Kier molecular flexibility index (Phi) is 7.82. The second-order valence-corrected chi connectivity index (χ2v) is 10.3. The van der Waals surface area contributed by atoms with Crippen molar-refractivity contribution in [2.45, 2.75) is 45.0 Å². The van der Waals surface area contributed by atoms with Crippen LogP contribution in [0.2, 0.25) is 0 Å². The number of rotatable bonds is 9. The van der Waals surface area contributed by atoms with Crippen molar-refractivity contribution in [3.8, 4) is 11.5 Å². The van der Waals surface area contributed by atoms with Crippen molar-refractivity contribution in [3.63, 3.8) is 0 Å². The summed E-state index contributed by atoms with van der Waals surface area (Å²) < 4.78 is 11.8. The van der Waals surface area contributed by atoms with E-state index in [0.29, 0.717) is 36.1 Å². The lowest BCUT2D eigenvalue weighted by molar-refractivity contribution is -0.141. The number of anilines is 1. The summed E-state index contributed by atoms with van der Waals surface area (Å²) in [5.74, 6) is -0.0588. The first-order chi connectivity index (χ1) is 18.0. The van der Waals surface area contributed by atoms with Gasteiger partial charge >= 0.3 is 5.97 Å². The van der Waals surface area contributed by atoms with Crippen LogP contribution in [-0.4, -0.2) is 100 Å². The smallest absolute Gasteiger partial charge is 0.337 e. The molecular formula is C27H35N3O8. The van der Waals surface area contributed by atoms with Crippen molar-refractivity contribution in [2.75, 3.05) is 44.8 Å². The van der Waals surface area contributed by atoms with Crippen LogP contribution in [0.5, 0.6) is 11.5 Å². The van der Waals surface area contributed by atoms with E-state index >= 15 is 0 Å². The largest absolute Gasteiger partial charge is 0.493 e. The summed E-state index contributed by atoms with van der Waals surface area (Å²) in [4.78, 5) is 31.7. The van der Waals surface area contributed by atoms with Gasteiger partial charge in [0.2, 0.25) is 0 Å². The van der Waals surface area contributed by atoms with E-state index in [2.05, 4.69) is 4.98 Å². The summed E-state index contributed by atoms with van der Waals surface area (Å²) in [5.41, 5.74) is 0.794. The minimum absolute atomic E-state index is 0.148. The Hall–Kier alpha value is -3.41. The molecule has 38 heavy (non-hydrogen) atoms. The third kappa shape index (κ3) is 5.13. The van der Waals surface area contributed by atoms with Crippen molar-refractivity contribution < 1.29 is 39.5 Å². The first kappa shape index (κ1) is 27.6. The molecule has 0 saturated carbocycles. The van der Waals surface area contributed by atoms with Gasteiger partial charge in [-0.1, -0.05) is 13.0 Å². The molecule has 0 bridgehead atoms. The van der Waals surface area contributed by atoms with Gasteiger partial charge in [0.15, 0.2) is 17.6 Å². The fourth-order valence-electron chi connectivity index (χ4n) is 5.21. The molecule has 1 amide bonds. The molecule has 1 aromatic carbocycles. The maximum Gasteiger partial charge on any atom is 0.337 e. The summed E-state index contributed by atoms with van der Waals surface area (Å²) in [6.07, 6.45) is -2.39. The molecule has 0 aliphatic carbocycles. The first-order valence-corrected chi connectivity index (χ1v) is 12.5. The molecule has 206 valence electrons. The summed E-state index contributed by atoms with van der Waals surface area (Å²) in [7, 11) is 1.55. The fourth-order valence-corrected chi connectivity index (χ4v) is 5.21. The van der Waals surface area contributed by atoms with E-state index in [-0.39, 0.29) is 30.7 Å². The molecule has 2 unspecified atom stereocenters. The molecule has 3 heterocycles. The quantitative estimate of drug-likeness (QED) is 0.370. The number of aryl methyl sites for hydroxylation is 1. The number of aliphatic hydroxyl groups is 3. The lowest BCUT2D eigenvalue weighted by atomic mass is 9.72. The van der Waals surface area contributed by atoms with E-state index in [1.165, 1.54) is 4.90 Å². The van der Waals surface area contributed by atoms with Gasteiger partial charge in [0, 0.05) is 24.4 Å². The number of carboxylic acids is 1. The number of likely N-dealkylation sites (tertiary alicyclic amines) is 1. The number of carboxylic acid groups (broad SMARTS) is 1. The number of carbonyl (C=O) groups excluding carboxylic acids is 1. The monoisotopic (exact) mass is 529 g/mol. The molecule has 11 heteroatoms. The van der Waals surface area contributed by atoms with Crippen molar-refractivity contribution >= 4 is 17.7 Å². The van der Waals surface area contributed by atoms with E-state index < -0.39 is 36.1 Å². The highest BCUT2D eigenvalue weighted by atomic mass is 16.5. The second-order valence-electron chi connectivity index (χ2n) is 10.3. The third-order valence-electron chi connectivity index (χ3n) is 7.81. The number of nitrogens with zero attached hydrogens (tertiary/aromatic N) is 3. The van der Waals surface area contributed by atoms with Crippen LogP contribution in [0.4, 0.5) is 5.82 Å². The highest BCUT2D eigenvalue weighted by Crippen LogP contribution is 2.47. The molecule has 4 rings (SSSR count). The van der Waals surface area contributed by atoms with E-state index in [1.54, 1.807) is 39.2 Å². The first-order valence-electron chi connectivity index (χ1n) is 12.5. The summed E-state index contributed by atoms with van der Waals surface area (Å²) >= 11 is 0. The van der Waals surface area contributed by atoms with Gasteiger partial charge in [-0.25, -0.2) is 9.78 Å². The number of hydrogen-bond acceptors (Lipinski definition) is 9. The van der Waals surface area contributed by atoms with Crippen LogP contribution < -0.4 is 14.4 Å². The maximum absolute atomic E-state index is 12.6. The number of benzene rings is 1. The van der Waals surface area contributed by atoms with Crippen LogP contribution in [0.3, 0.4) is 0 Å². The number of amides is 1. The Morgan fingerprint density at radius 1 is 1.16 bits per heavy atom. The van der Waals surface area contributed by atoms with E-state index in [0.717, 1.165) is 5.56 Å². The van der Waals surface area contributed by atoms with Crippen molar-refractivity contribution in [1.29, 1.82) is 0 Å². The van der Waals surface area contributed by atoms with Gasteiger partial charge in [-0.05, 0) is 43.7 Å². The van der Waals surface area contributed by atoms with Gasteiger partial charge in [-0.2, -0.15) is 0 Å². The summed E-state index contributed by atoms with van der Waals surface area (Å²) in [5, 5.41) is 39.0. The number of aromatic nitrogens is 1. The number of aliphatic hydroxyl groups excluding tert-OH is 3. The average Bonchev–Trinajstić information content (AvgIpc) is 3.23. The highest BCUT2D eigenvalue weighted by molar-refractivity contribution is 5.89. The topological polar surface area (TPSA) is 153 Å². The second kappa shape index (κ2) is 10.8. The zero-order chi connectivity index (χ0) is 27.8. The van der Waals surface area contributed by atoms with Gasteiger partial charge < -0.3 is 39.7 Å². The van der Waals surface area contributed by atoms with Gasteiger partial charge in [0.25, 0.3) is 5.91 Å². The molecule has 4 N–H and O–H groups in total. The van der Waals surface area contributed by atoms with Crippen LogP contribution in [-0.2, 0) is 4.79 Å². The lowest BCUT2D eigenvalue weighted by Gasteiger charge is -2.40. The van der Waals surface area contributed by atoms with Crippen LogP contribution in [0.15, 0.2) is 30.3 Å². The van der Waals surface area contributed by atoms with E-state index in [4.69, 9.17) is 9.47 Å². The minimum Gasteiger partial charge on any atom is -0.493 e. The number of pyridine rings is 1. The third-order valence-corrected chi connectivity index (χ3v) is 7.81. The van der Waals surface area contributed by atoms with Crippen molar-refractivity contribution in [3.05, 3.63) is 47.2 Å². The number of ether oxygens (including phenoxy) is 2. The van der Waals surface area contributed by atoms with Gasteiger partial charge in [-0.3, -0.25) is 4.79 Å². The Bertz CT molecular complexity index is 1200. The van der Waals surface area contributed by atoms with E-state index in [9.17, 15) is 30.0 Å². The lowest BCUT2D eigenvalue weighted by Crippen LogP contribution is -2.54. The molecule has 2 aromatic rings. The van der Waals surface area contributed by atoms with Crippen LogP contribution in [0.25, 0.3) is 0 Å².